The monoisotopic (exact) mass is 215 g/mol. The first-order valence-corrected chi connectivity index (χ1v) is 6.48. The first-order valence-electron chi connectivity index (χ1n) is 6.48. The van der Waals surface area contributed by atoms with Crippen LogP contribution in [0.5, 0.6) is 0 Å². The van der Waals surface area contributed by atoms with Gasteiger partial charge in [0.2, 0.25) is 0 Å². The second-order valence-corrected chi connectivity index (χ2v) is 6.10. The Morgan fingerprint density at radius 3 is 2.56 bits per heavy atom. The molecule has 3 rings (SSSR count). The average molecular weight is 215 g/mol. The zero-order valence-corrected chi connectivity index (χ0v) is 10.3. The van der Waals surface area contributed by atoms with Gasteiger partial charge in [-0.1, -0.05) is 38.1 Å². The van der Waals surface area contributed by atoms with E-state index in [0.717, 1.165) is 18.5 Å². The van der Waals surface area contributed by atoms with Gasteiger partial charge in [-0.2, -0.15) is 0 Å². The molecule has 0 radical (unpaired) electrons. The molecule has 0 aromatic heterocycles. The molecule has 1 N–H and O–H groups in total. The largest absolute Gasteiger partial charge is 0.309 e. The van der Waals surface area contributed by atoms with E-state index in [9.17, 15) is 0 Å². The van der Waals surface area contributed by atoms with Crippen LogP contribution < -0.4 is 5.32 Å². The Hall–Kier alpha value is -0.820. The summed E-state index contributed by atoms with van der Waals surface area (Å²) in [6.45, 7) is 5.75. The number of nitrogens with one attached hydrogen (secondary N) is 1. The molecule has 16 heavy (non-hydrogen) atoms. The van der Waals surface area contributed by atoms with Gasteiger partial charge < -0.3 is 5.32 Å². The lowest BCUT2D eigenvalue weighted by atomic mass is 10.0. The minimum atomic E-state index is 0.536. The van der Waals surface area contributed by atoms with Crippen LogP contribution in [0.25, 0.3) is 0 Å². The summed E-state index contributed by atoms with van der Waals surface area (Å²) in [4.78, 5) is 0. The summed E-state index contributed by atoms with van der Waals surface area (Å²) in [7, 11) is 0. The first-order chi connectivity index (χ1) is 7.67. The van der Waals surface area contributed by atoms with Gasteiger partial charge in [-0.15, -0.1) is 0 Å². The molecule has 0 heterocycles. The molecule has 1 heteroatoms. The summed E-state index contributed by atoms with van der Waals surface area (Å²) in [6.07, 6.45) is 4.12. The fourth-order valence-electron chi connectivity index (χ4n) is 2.54. The van der Waals surface area contributed by atoms with E-state index in [2.05, 4.69) is 43.4 Å². The quantitative estimate of drug-likeness (QED) is 0.811. The molecule has 1 aromatic rings. The molecule has 1 nitrogen and oxygen atoms in total. The fourth-order valence-corrected chi connectivity index (χ4v) is 2.54. The van der Waals surface area contributed by atoms with Crippen molar-refractivity contribution < 1.29 is 0 Å². The smallest absolute Gasteiger partial charge is 0.0211 e. The van der Waals surface area contributed by atoms with Crippen molar-refractivity contribution in [2.45, 2.75) is 51.6 Å². The molecule has 0 amide bonds. The Labute approximate surface area is 98.3 Å². The van der Waals surface area contributed by atoms with Gasteiger partial charge in [-0.3, -0.25) is 0 Å². The predicted molar refractivity (Wildman–Crippen MR) is 67.4 cm³/mol. The Kier molecular flexibility index (Phi) is 2.32. The Morgan fingerprint density at radius 2 is 1.94 bits per heavy atom. The van der Waals surface area contributed by atoms with Gasteiger partial charge in [-0.05, 0) is 41.7 Å². The maximum atomic E-state index is 3.69. The van der Waals surface area contributed by atoms with Gasteiger partial charge in [0.15, 0.2) is 0 Å². The zero-order chi connectivity index (χ0) is 11.2. The van der Waals surface area contributed by atoms with Crippen LogP contribution in [0.1, 0.15) is 50.2 Å². The van der Waals surface area contributed by atoms with E-state index in [4.69, 9.17) is 0 Å². The van der Waals surface area contributed by atoms with Gasteiger partial charge in [0, 0.05) is 12.6 Å². The number of rotatable bonds is 4. The third kappa shape index (κ3) is 2.01. The van der Waals surface area contributed by atoms with E-state index in [1.807, 2.05) is 0 Å². The lowest BCUT2D eigenvalue weighted by Crippen LogP contribution is -2.20. The van der Waals surface area contributed by atoms with Gasteiger partial charge in [0.05, 0.1) is 0 Å². The minimum absolute atomic E-state index is 0.536. The van der Waals surface area contributed by atoms with Crippen molar-refractivity contribution in [3.8, 4) is 0 Å². The summed E-state index contributed by atoms with van der Waals surface area (Å²) in [5, 5.41) is 3.69. The van der Waals surface area contributed by atoms with Gasteiger partial charge in [0.1, 0.15) is 0 Å². The SMILES string of the molecule is CC1(C)CC1NCc1ccccc1C1CC1. The van der Waals surface area contributed by atoms with E-state index >= 15 is 0 Å². The van der Waals surface area contributed by atoms with E-state index < -0.39 is 0 Å². The topological polar surface area (TPSA) is 12.0 Å². The molecule has 1 atom stereocenters. The maximum absolute atomic E-state index is 3.69. The molecule has 0 saturated heterocycles. The third-order valence-corrected chi connectivity index (χ3v) is 4.12. The Balaban J connectivity index is 1.65. The highest BCUT2D eigenvalue weighted by Gasteiger charge is 2.45. The lowest BCUT2D eigenvalue weighted by molar-refractivity contribution is 0.541. The van der Waals surface area contributed by atoms with Gasteiger partial charge in [-0.25, -0.2) is 0 Å². The second kappa shape index (κ2) is 3.59. The summed E-state index contributed by atoms with van der Waals surface area (Å²) in [5.41, 5.74) is 3.65. The van der Waals surface area contributed by atoms with Gasteiger partial charge in [0.25, 0.3) is 0 Å². The zero-order valence-electron chi connectivity index (χ0n) is 10.3. The van der Waals surface area contributed by atoms with Crippen molar-refractivity contribution in [1.29, 1.82) is 0 Å². The van der Waals surface area contributed by atoms with Crippen LogP contribution in [0.4, 0.5) is 0 Å². The first kappa shape index (κ1) is 10.3. The van der Waals surface area contributed by atoms with Crippen LogP contribution in [0, 0.1) is 5.41 Å². The highest BCUT2D eigenvalue weighted by molar-refractivity contribution is 5.33. The van der Waals surface area contributed by atoms with Crippen LogP contribution in [0.2, 0.25) is 0 Å². The van der Waals surface area contributed by atoms with Crippen molar-refractivity contribution in [3.05, 3.63) is 35.4 Å². The summed E-state index contributed by atoms with van der Waals surface area (Å²) in [6, 6.07) is 9.68. The summed E-state index contributed by atoms with van der Waals surface area (Å²) in [5.74, 6) is 0.866. The number of hydrogen-bond acceptors (Lipinski definition) is 1. The second-order valence-electron chi connectivity index (χ2n) is 6.10. The van der Waals surface area contributed by atoms with Crippen LogP contribution in [0.3, 0.4) is 0 Å². The molecule has 86 valence electrons. The maximum Gasteiger partial charge on any atom is 0.0211 e. The third-order valence-electron chi connectivity index (χ3n) is 4.12. The molecule has 0 aliphatic heterocycles. The van der Waals surface area contributed by atoms with Crippen molar-refractivity contribution >= 4 is 0 Å². The normalized spacial score (nSPS) is 26.8. The summed E-state index contributed by atoms with van der Waals surface area (Å²) >= 11 is 0. The van der Waals surface area contributed by atoms with Crippen molar-refractivity contribution in [2.24, 2.45) is 5.41 Å². The van der Waals surface area contributed by atoms with Crippen LogP contribution in [0.15, 0.2) is 24.3 Å². The molecule has 0 bridgehead atoms. The van der Waals surface area contributed by atoms with E-state index in [1.165, 1.54) is 24.8 Å². The minimum Gasteiger partial charge on any atom is -0.309 e. The molecule has 1 unspecified atom stereocenters. The van der Waals surface area contributed by atoms with Crippen LogP contribution >= 0.6 is 0 Å². The molecular formula is C15H21N. The molecule has 2 aliphatic rings. The number of benzene rings is 1. The van der Waals surface area contributed by atoms with Crippen LogP contribution in [-0.4, -0.2) is 6.04 Å². The fraction of sp³-hybridized carbons (Fsp3) is 0.600. The predicted octanol–water partition coefficient (Wildman–Crippen LogP) is 3.45. The highest BCUT2D eigenvalue weighted by Crippen LogP contribution is 2.45. The Bertz CT molecular complexity index is 390. The average Bonchev–Trinajstić information content (AvgIpc) is 3.14. The molecule has 1 aromatic carbocycles. The lowest BCUT2D eigenvalue weighted by Gasteiger charge is -2.10. The summed E-state index contributed by atoms with van der Waals surface area (Å²) < 4.78 is 0. The molecule has 2 aliphatic carbocycles. The molecule has 0 spiro atoms. The van der Waals surface area contributed by atoms with E-state index in [1.54, 1.807) is 5.56 Å². The standard InChI is InChI=1S/C15H21N/c1-15(2)9-14(15)16-10-12-5-3-4-6-13(12)11-7-8-11/h3-6,11,14,16H,7-10H2,1-2H3. The molecule has 2 saturated carbocycles. The number of hydrogen-bond donors (Lipinski definition) is 1. The van der Waals surface area contributed by atoms with E-state index in [0.29, 0.717) is 5.41 Å². The van der Waals surface area contributed by atoms with E-state index in [-0.39, 0.29) is 0 Å². The Morgan fingerprint density at radius 1 is 1.25 bits per heavy atom. The molecular weight excluding hydrogens is 194 g/mol. The van der Waals surface area contributed by atoms with Gasteiger partial charge >= 0.3 is 0 Å². The van der Waals surface area contributed by atoms with Crippen molar-refractivity contribution in [1.82, 2.24) is 5.32 Å². The highest BCUT2D eigenvalue weighted by atomic mass is 15.0. The van der Waals surface area contributed by atoms with Crippen LogP contribution in [-0.2, 0) is 6.54 Å². The van der Waals surface area contributed by atoms with Crippen molar-refractivity contribution in [3.63, 3.8) is 0 Å². The molecule has 2 fully saturated rings. The van der Waals surface area contributed by atoms with Crippen molar-refractivity contribution in [2.75, 3.05) is 0 Å².